The third kappa shape index (κ3) is 4.63. The second kappa shape index (κ2) is 8.05. The molecule has 7 nitrogen and oxygen atoms in total. The molecule has 0 saturated heterocycles. The second-order valence-corrected chi connectivity index (χ2v) is 7.83. The molecule has 0 bridgehead atoms. The quantitative estimate of drug-likeness (QED) is 0.512. The average Bonchev–Trinajstić information content (AvgIpc) is 3.02. The highest BCUT2D eigenvalue weighted by Crippen LogP contribution is 2.33. The average molecular weight is 416 g/mol. The van der Waals surface area contributed by atoms with Gasteiger partial charge in [-0.3, -0.25) is 25.8 Å². The van der Waals surface area contributed by atoms with Gasteiger partial charge in [0.25, 0.3) is 5.91 Å². The van der Waals surface area contributed by atoms with Crippen LogP contribution in [0.3, 0.4) is 0 Å². The molecule has 3 rings (SSSR count). The molecule has 0 spiro atoms. The summed E-state index contributed by atoms with van der Waals surface area (Å²) in [4.78, 5) is 23.1. The SMILES string of the molecule is O=C1CC=C(C(=O)Nc2nnc(SCc3c(Cl)cccc3Cl)s2)NN1. The zero-order valence-corrected chi connectivity index (χ0v) is 15.7. The first-order valence-electron chi connectivity index (χ1n) is 6.98. The van der Waals surface area contributed by atoms with Gasteiger partial charge in [0.1, 0.15) is 5.70 Å². The van der Waals surface area contributed by atoms with Gasteiger partial charge in [0, 0.05) is 22.2 Å². The van der Waals surface area contributed by atoms with Crippen LogP contribution in [0.15, 0.2) is 34.3 Å². The molecule has 1 aliphatic heterocycles. The van der Waals surface area contributed by atoms with E-state index < -0.39 is 5.91 Å². The molecule has 0 unspecified atom stereocenters. The van der Waals surface area contributed by atoms with Crippen LogP contribution >= 0.6 is 46.3 Å². The lowest BCUT2D eigenvalue weighted by molar-refractivity contribution is -0.121. The Kier molecular flexibility index (Phi) is 5.79. The zero-order valence-electron chi connectivity index (χ0n) is 12.5. The normalized spacial score (nSPS) is 13.7. The lowest BCUT2D eigenvalue weighted by Gasteiger charge is -2.14. The van der Waals surface area contributed by atoms with E-state index in [1.165, 1.54) is 29.2 Å². The number of amides is 2. The predicted octanol–water partition coefficient (Wildman–Crippen LogP) is 2.98. The van der Waals surface area contributed by atoms with Crippen LogP contribution < -0.4 is 16.2 Å². The summed E-state index contributed by atoms with van der Waals surface area (Å²) in [5.41, 5.74) is 5.98. The van der Waals surface area contributed by atoms with E-state index in [4.69, 9.17) is 23.2 Å². The lowest BCUT2D eigenvalue weighted by atomic mass is 10.2. The van der Waals surface area contributed by atoms with Crippen molar-refractivity contribution in [2.45, 2.75) is 16.5 Å². The van der Waals surface area contributed by atoms with E-state index in [1.807, 2.05) is 0 Å². The van der Waals surface area contributed by atoms with Crippen LogP contribution in [0.4, 0.5) is 5.13 Å². The number of benzene rings is 1. The Hall–Kier alpha value is -1.81. The predicted molar refractivity (Wildman–Crippen MR) is 98.5 cm³/mol. The molecule has 130 valence electrons. The summed E-state index contributed by atoms with van der Waals surface area (Å²) < 4.78 is 0.671. The number of carbonyl (C=O) groups is 2. The number of halogens is 2. The Morgan fingerprint density at radius 1 is 1.28 bits per heavy atom. The van der Waals surface area contributed by atoms with Crippen LogP contribution in [0.5, 0.6) is 0 Å². The summed E-state index contributed by atoms with van der Waals surface area (Å²) in [6.07, 6.45) is 1.65. The molecule has 1 aromatic heterocycles. The van der Waals surface area contributed by atoms with Crippen LogP contribution in [-0.2, 0) is 15.3 Å². The van der Waals surface area contributed by atoms with Gasteiger partial charge in [0.05, 0.1) is 0 Å². The molecule has 1 aromatic carbocycles. The maximum Gasteiger partial charge on any atom is 0.275 e. The molecule has 2 aromatic rings. The van der Waals surface area contributed by atoms with Crippen molar-refractivity contribution in [1.82, 2.24) is 21.0 Å². The number of thioether (sulfide) groups is 1. The topological polar surface area (TPSA) is 96.0 Å². The monoisotopic (exact) mass is 415 g/mol. The molecule has 0 atom stereocenters. The Balaban J connectivity index is 1.59. The van der Waals surface area contributed by atoms with Crippen molar-refractivity contribution in [2.24, 2.45) is 0 Å². The van der Waals surface area contributed by atoms with Crippen molar-refractivity contribution in [1.29, 1.82) is 0 Å². The summed E-state index contributed by atoms with van der Waals surface area (Å²) >= 11 is 14.9. The van der Waals surface area contributed by atoms with Crippen molar-refractivity contribution in [3.8, 4) is 0 Å². The lowest BCUT2D eigenvalue weighted by Crippen LogP contribution is -2.43. The number of anilines is 1. The Morgan fingerprint density at radius 2 is 2.04 bits per heavy atom. The number of aromatic nitrogens is 2. The van der Waals surface area contributed by atoms with E-state index in [-0.39, 0.29) is 18.0 Å². The number of nitrogens with zero attached hydrogens (tertiary/aromatic N) is 2. The second-order valence-electron chi connectivity index (χ2n) is 4.81. The van der Waals surface area contributed by atoms with Crippen LogP contribution in [0.2, 0.25) is 10.0 Å². The molecule has 3 N–H and O–H groups in total. The molecule has 1 aliphatic rings. The van der Waals surface area contributed by atoms with Gasteiger partial charge in [-0.05, 0) is 23.8 Å². The summed E-state index contributed by atoms with van der Waals surface area (Å²) in [6, 6.07) is 5.34. The number of carbonyl (C=O) groups excluding carboxylic acids is 2. The minimum atomic E-state index is -0.401. The van der Waals surface area contributed by atoms with E-state index in [0.29, 0.717) is 25.3 Å². The van der Waals surface area contributed by atoms with Gasteiger partial charge in [-0.1, -0.05) is 52.4 Å². The van der Waals surface area contributed by atoms with Crippen LogP contribution in [0.1, 0.15) is 12.0 Å². The van der Waals surface area contributed by atoms with Crippen molar-refractivity contribution >= 4 is 63.2 Å². The van der Waals surface area contributed by atoms with Crippen molar-refractivity contribution in [3.05, 3.63) is 45.6 Å². The van der Waals surface area contributed by atoms with Gasteiger partial charge in [0.2, 0.25) is 11.0 Å². The maximum absolute atomic E-state index is 12.1. The minimum absolute atomic E-state index is 0.144. The summed E-state index contributed by atoms with van der Waals surface area (Å²) in [5.74, 6) is -0.0638. The smallest absolute Gasteiger partial charge is 0.275 e. The summed E-state index contributed by atoms with van der Waals surface area (Å²) in [7, 11) is 0. The van der Waals surface area contributed by atoms with Gasteiger partial charge in [0.15, 0.2) is 4.34 Å². The number of hydrazine groups is 1. The highest BCUT2D eigenvalue weighted by Gasteiger charge is 2.17. The van der Waals surface area contributed by atoms with Crippen molar-refractivity contribution in [3.63, 3.8) is 0 Å². The molecule has 2 heterocycles. The largest absolute Gasteiger partial charge is 0.295 e. The Labute approximate surface area is 161 Å². The zero-order chi connectivity index (χ0) is 17.8. The Morgan fingerprint density at radius 3 is 2.72 bits per heavy atom. The van der Waals surface area contributed by atoms with Crippen molar-refractivity contribution in [2.75, 3.05) is 5.32 Å². The molecule has 11 heteroatoms. The molecular weight excluding hydrogens is 405 g/mol. The molecular formula is C14H11Cl2N5O2S2. The number of hydrogen-bond acceptors (Lipinski definition) is 7. The fraction of sp³-hybridized carbons (Fsp3) is 0.143. The molecule has 0 saturated carbocycles. The minimum Gasteiger partial charge on any atom is -0.295 e. The van der Waals surface area contributed by atoms with Gasteiger partial charge in [-0.2, -0.15) is 0 Å². The van der Waals surface area contributed by atoms with Gasteiger partial charge < -0.3 is 0 Å². The standard InChI is InChI=1S/C14H11Cl2N5O2S2/c15-8-2-1-3-9(16)7(8)6-24-14-21-20-13(25-14)17-12(23)10-4-5-11(22)19-18-10/h1-4,18H,5-6H2,(H,19,22)(H,17,20,23). The van der Waals surface area contributed by atoms with Crippen LogP contribution in [0.25, 0.3) is 0 Å². The van der Waals surface area contributed by atoms with Gasteiger partial charge >= 0.3 is 0 Å². The first-order chi connectivity index (χ1) is 12.0. The van der Waals surface area contributed by atoms with E-state index in [9.17, 15) is 9.59 Å². The summed E-state index contributed by atoms with van der Waals surface area (Å²) in [5, 5.41) is 12.1. The van der Waals surface area contributed by atoms with Crippen molar-refractivity contribution < 1.29 is 9.59 Å². The van der Waals surface area contributed by atoms with E-state index >= 15 is 0 Å². The third-order valence-corrected chi connectivity index (χ3v) is 5.81. The molecule has 0 aliphatic carbocycles. The van der Waals surface area contributed by atoms with Crippen LogP contribution in [0, 0.1) is 0 Å². The Bertz CT molecular complexity index is 835. The number of rotatable bonds is 5. The van der Waals surface area contributed by atoms with E-state index in [0.717, 1.165) is 5.56 Å². The van der Waals surface area contributed by atoms with E-state index in [1.54, 1.807) is 18.2 Å². The molecule has 0 fully saturated rings. The highest BCUT2D eigenvalue weighted by molar-refractivity contribution is 8.00. The van der Waals surface area contributed by atoms with Gasteiger partial charge in [-0.25, -0.2) is 0 Å². The van der Waals surface area contributed by atoms with Gasteiger partial charge in [-0.15, -0.1) is 10.2 Å². The maximum atomic E-state index is 12.1. The molecule has 0 radical (unpaired) electrons. The molecule has 25 heavy (non-hydrogen) atoms. The molecule has 2 amide bonds. The first-order valence-corrected chi connectivity index (χ1v) is 9.54. The van der Waals surface area contributed by atoms with E-state index in [2.05, 4.69) is 26.4 Å². The highest BCUT2D eigenvalue weighted by atomic mass is 35.5. The van der Waals surface area contributed by atoms with Crippen LogP contribution in [-0.4, -0.2) is 22.0 Å². The fourth-order valence-corrected chi connectivity index (χ4v) is 4.36. The third-order valence-electron chi connectivity index (χ3n) is 3.10. The first kappa shape index (κ1) is 18.0. The fourth-order valence-electron chi connectivity index (χ4n) is 1.87. The number of hydrogen-bond donors (Lipinski definition) is 3. The number of nitrogens with one attached hydrogen (secondary N) is 3. The summed E-state index contributed by atoms with van der Waals surface area (Å²) in [6.45, 7) is 0.